The number of hydrogen-bond donors (Lipinski definition) is 2. The molecule has 0 aliphatic heterocycles. The van der Waals surface area contributed by atoms with Crippen LogP contribution in [0.15, 0.2) is 30.6 Å². The molecule has 8 nitrogen and oxygen atoms in total. The molecule has 2 atom stereocenters. The molecule has 2 aromatic rings. The van der Waals surface area contributed by atoms with Crippen molar-refractivity contribution in [2.75, 3.05) is 14.2 Å². The van der Waals surface area contributed by atoms with Gasteiger partial charge in [0.25, 0.3) is 0 Å². The van der Waals surface area contributed by atoms with Crippen LogP contribution < -0.4 is 14.8 Å². The molecule has 1 aromatic heterocycles. The Bertz CT molecular complexity index is 771. The molecule has 0 aliphatic carbocycles. The maximum Gasteiger partial charge on any atom is 0.338 e. The van der Waals surface area contributed by atoms with Crippen molar-refractivity contribution in [2.24, 2.45) is 0 Å². The van der Waals surface area contributed by atoms with Crippen LogP contribution in [-0.2, 0) is 4.79 Å². The molecular formula is C17H21N3O5. The predicted molar refractivity (Wildman–Crippen MR) is 90.0 cm³/mol. The van der Waals surface area contributed by atoms with Crippen LogP contribution >= 0.6 is 0 Å². The summed E-state index contributed by atoms with van der Waals surface area (Å²) in [7, 11) is 3.12. The summed E-state index contributed by atoms with van der Waals surface area (Å²) in [6.45, 7) is 3.47. The van der Waals surface area contributed by atoms with Crippen LogP contribution in [0.25, 0.3) is 0 Å². The van der Waals surface area contributed by atoms with Crippen molar-refractivity contribution in [1.29, 1.82) is 0 Å². The second-order valence-corrected chi connectivity index (χ2v) is 5.53. The fourth-order valence-corrected chi connectivity index (χ4v) is 2.37. The lowest BCUT2D eigenvalue weighted by Gasteiger charge is -2.20. The maximum atomic E-state index is 12.5. The van der Waals surface area contributed by atoms with Crippen LogP contribution in [0, 0.1) is 0 Å². The third-order valence-electron chi connectivity index (χ3n) is 3.89. The van der Waals surface area contributed by atoms with Crippen LogP contribution in [0.3, 0.4) is 0 Å². The Morgan fingerprint density at radius 2 is 1.96 bits per heavy atom. The smallest absolute Gasteiger partial charge is 0.338 e. The summed E-state index contributed by atoms with van der Waals surface area (Å²) >= 11 is 0. The fourth-order valence-electron chi connectivity index (χ4n) is 2.37. The van der Waals surface area contributed by atoms with E-state index in [1.54, 1.807) is 39.3 Å². The second-order valence-electron chi connectivity index (χ2n) is 5.53. The molecule has 8 heteroatoms. The first-order valence-electron chi connectivity index (χ1n) is 7.67. The van der Waals surface area contributed by atoms with E-state index in [1.807, 2.05) is 6.92 Å². The SMILES string of the molecule is COc1ccc(OC)c(C(C)NC(=O)C(C)n2cc(C(=O)O)cn2)c1. The average Bonchev–Trinajstić information content (AvgIpc) is 3.10. The monoisotopic (exact) mass is 347 g/mol. The van der Waals surface area contributed by atoms with Gasteiger partial charge in [0.2, 0.25) is 5.91 Å². The van der Waals surface area contributed by atoms with Crippen molar-refractivity contribution in [3.8, 4) is 11.5 Å². The van der Waals surface area contributed by atoms with Gasteiger partial charge in [-0.3, -0.25) is 9.48 Å². The van der Waals surface area contributed by atoms with Crippen molar-refractivity contribution < 1.29 is 24.2 Å². The lowest BCUT2D eigenvalue weighted by atomic mass is 10.1. The molecule has 0 saturated carbocycles. The quantitative estimate of drug-likeness (QED) is 0.794. The van der Waals surface area contributed by atoms with Gasteiger partial charge in [-0.15, -0.1) is 0 Å². The fraction of sp³-hybridized carbons (Fsp3) is 0.353. The number of nitrogens with zero attached hydrogens (tertiary/aromatic N) is 2. The number of benzene rings is 1. The highest BCUT2D eigenvalue weighted by Gasteiger charge is 2.21. The van der Waals surface area contributed by atoms with E-state index in [0.717, 1.165) is 5.56 Å². The third kappa shape index (κ3) is 4.09. The summed E-state index contributed by atoms with van der Waals surface area (Å²) in [4.78, 5) is 23.4. The van der Waals surface area contributed by atoms with Gasteiger partial charge < -0.3 is 19.9 Å². The Kier molecular flexibility index (Phi) is 5.63. The highest BCUT2D eigenvalue weighted by molar-refractivity contribution is 5.87. The Balaban J connectivity index is 2.14. The lowest BCUT2D eigenvalue weighted by Crippen LogP contribution is -2.33. The van der Waals surface area contributed by atoms with Gasteiger partial charge in [0.05, 0.1) is 32.0 Å². The van der Waals surface area contributed by atoms with Crippen LogP contribution in [0.4, 0.5) is 0 Å². The standard InChI is InChI=1S/C17H21N3O5/c1-10(14-7-13(24-3)5-6-15(14)25-4)19-16(21)11(2)20-9-12(8-18-20)17(22)23/h5-11H,1-4H3,(H,19,21)(H,22,23). The highest BCUT2D eigenvalue weighted by Crippen LogP contribution is 2.29. The van der Waals surface area contributed by atoms with Crippen LogP contribution in [0.1, 0.15) is 41.9 Å². The number of carboxylic acid groups (broad SMARTS) is 1. The molecule has 0 radical (unpaired) electrons. The number of rotatable bonds is 7. The van der Waals surface area contributed by atoms with Crippen molar-refractivity contribution in [1.82, 2.24) is 15.1 Å². The zero-order chi connectivity index (χ0) is 18.6. The summed E-state index contributed by atoms with van der Waals surface area (Å²) in [5.74, 6) is -0.0950. The van der Waals surface area contributed by atoms with Gasteiger partial charge in [0.1, 0.15) is 17.5 Å². The molecule has 1 amide bonds. The van der Waals surface area contributed by atoms with Crippen LogP contribution in [0.2, 0.25) is 0 Å². The topological polar surface area (TPSA) is 103 Å². The number of carboxylic acids is 1. The molecule has 2 unspecified atom stereocenters. The molecule has 25 heavy (non-hydrogen) atoms. The van der Waals surface area contributed by atoms with Crippen LogP contribution in [0.5, 0.6) is 11.5 Å². The van der Waals surface area contributed by atoms with Crippen molar-refractivity contribution >= 4 is 11.9 Å². The number of aromatic carboxylic acids is 1. The molecule has 0 fully saturated rings. The Labute approximate surface area is 145 Å². The van der Waals surface area contributed by atoms with E-state index < -0.39 is 12.0 Å². The predicted octanol–water partition coefficient (Wildman–Crippen LogP) is 2.04. The van der Waals surface area contributed by atoms with E-state index in [4.69, 9.17) is 14.6 Å². The lowest BCUT2D eigenvalue weighted by molar-refractivity contribution is -0.124. The first kappa shape index (κ1) is 18.3. The molecular weight excluding hydrogens is 326 g/mol. The number of carbonyl (C=O) groups is 2. The van der Waals surface area contributed by atoms with E-state index in [0.29, 0.717) is 11.5 Å². The number of ether oxygens (including phenoxy) is 2. The van der Waals surface area contributed by atoms with Crippen molar-refractivity contribution in [3.05, 3.63) is 41.7 Å². The van der Waals surface area contributed by atoms with Gasteiger partial charge in [-0.25, -0.2) is 4.79 Å². The Morgan fingerprint density at radius 1 is 1.24 bits per heavy atom. The largest absolute Gasteiger partial charge is 0.497 e. The number of aromatic nitrogens is 2. The summed E-state index contributed by atoms with van der Waals surface area (Å²) in [5.41, 5.74) is 0.802. The van der Waals surface area contributed by atoms with Gasteiger partial charge >= 0.3 is 5.97 Å². The Morgan fingerprint density at radius 3 is 2.52 bits per heavy atom. The van der Waals surface area contributed by atoms with E-state index in [1.165, 1.54) is 17.1 Å². The number of amides is 1. The van der Waals surface area contributed by atoms with Gasteiger partial charge in [-0.05, 0) is 32.0 Å². The zero-order valence-corrected chi connectivity index (χ0v) is 14.5. The first-order chi connectivity index (χ1) is 11.9. The van der Waals surface area contributed by atoms with E-state index in [9.17, 15) is 9.59 Å². The van der Waals surface area contributed by atoms with Crippen LogP contribution in [-0.4, -0.2) is 41.0 Å². The number of methoxy groups -OCH3 is 2. The summed E-state index contributed by atoms with van der Waals surface area (Å²) in [6.07, 6.45) is 2.53. The summed E-state index contributed by atoms with van der Waals surface area (Å²) < 4.78 is 11.9. The number of nitrogens with one attached hydrogen (secondary N) is 1. The minimum absolute atomic E-state index is 0.0298. The zero-order valence-electron chi connectivity index (χ0n) is 14.5. The second kappa shape index (κ2) is 7.69. The maximum absolute atomic E-state index is 12.5. The summed E-state index contributed by atoms with van der Waals surface area (Å²) in [6, 6.07) is 4.34. The molecule has 0 saturated heterocycles. The molecule has 134 valence electrons. The van der Waals surface area contributed by atoms with Crippen molar-refractivity contribution in [3.63, 3.8) is 0 Å². The molecule has 2 N–H and O–H groups in total. The van der Waals surface area contributed by atoms with E-state index >= 15 is 0 Å². The number of carbonyl (C=O) groups excluding carboxylic acids is 1. The van der Waals surface area contributed by atoms with Crippen molar-refractivity contribution in [2.45, 2.75) is 25.9 Å². The Hall–Kier alpha value is -3.03. The molecule has 0 aliphatic rings. The molecule has 0 bridgehead atoms. The third-order valence-corrected chi connectivity index (χ3v) is 3.89. The minimum Gasteiger partial charge on any atom is -0.497 e. The normalized spacial score (nSPS) is 13.0. The molecule has 1 aromatic carbocycles. The summed E-state index contributed by atoms with van der Waals surface area (Å²) in [5, 5.41) is 15.7. The average molecular weight is 347 g/mol. The van der Waals surface area contributed by atoms with E-state index in [2.05, 4.69) is 10.4 Å². The van der Waals surface area contributed by atoms with Gasteiger partial charge in [0.15, 0.2) is 0 Å². The van der Waals surface area contributed by atoms with E-state index in [-0.39, 0.29) is 17.5 Å². The first-order valence-corrected chi connectivity index (χ1v) is 7.67. The number of hydrogen-bond acceptors (Lipinski definition) is 5. The van der Waals surface area contributed by atoms with Gasteiger partial charge in [0, 0.05) is 11.8 Å². The minimum atomic E-state index is -1.09. The molecule has 1 heterocycles. The highest BCUT2D eigenvalue weighted by atomic mass is 16.5. The van der Waals surface area contributed by atoms with Gasteiger partial charge in [-0.2, -0.15) is 5.10 Å². The molecule has 2 rings (SSSR count). The molecule has 0 spiro atoms. The van der Waals surface area contributed by atoms with Gasteiger partial charge in [-0.1, -0.05) is 0 Å².